The van der Waals surface area contributed by atoms with Crippen molar-refractivity contribution in [3.05, 3.63) is 0 Å². The minimum atomic E-state index is -0.483. The molecule has 0 heterocycles. The van der Waals surface area contributed by atoms with Gasteiger partial charge in [-0.15, -0.1) is 23.2 Å². The molecule has 1 fully saturated rings. The lowest BCUT2D eigenvalue weighted by Gasteiger charge is -2.50. The average molecular weight is 351 g/mol. The Bertz CT molecular complexity index is 313. The normalized spacial score (nSPS) is 35.7. The summed E-state index contributed by atoms with van der Waals surface area (Å²) >= 11 is 13.8. The summed E-state index contributed by atoms with van der Waals surface area (Å²) in [5.74, 6) is 0. The zero-order chi connectivity index (χ0) is 16.6. The van der Waals surface area contributed by atoms with Crippen LogP contribution in [0.2, 0.25) is 0 Å². The molecule has 0 aromatic heterocycles. The molecule has 4 atom stereocenters. The van der Waals surface area contributed by atoms with E-state index in [0.29, 0.717) is 6.04 Å². The van der Waals surface area contributed by atoms with Crippen LogP contribution in [0, 0.1) is 5.41 Å². The molecule has 4 heteroatoms. The lowest BCUT2D eigenvalue weighted by Crippen LogP contribution is -2.62. The standard InChI is InChI=1S/C18H36Cl2N2/c1-5-8-11-21-15-13-17(4,10-7-3)14-18(20,16(15)19)22-12-9-6-2/h15-16,21-22H,5-14H2,1-4H3. The molecule has 1 saturated carbocycles. The molecule has 2 N–H and O–H groups in total. The molecule has 4 unspecified atom stereocenters. The molecule has 1 aliphatic carbocycles. The summed E-state index contributed by atoms with van der Waals surface area (Å²) < 4.78 is 0. The fourth-order valence-corrected chi connectivity index (χ4v) is 4.71. The Hall–Kier alpha value is 0.500. The highest BCUT2D eigenvalue weighted by Gasteiger charge is 2.50. The minimum absolute atomic E-state index is 0.0622. The van der Waals surface area contributed by atoms with Gasteiger partial charge in [0.15, 0.2) is 0 Å². The van der Waals surface area contributed by atoms with E-state index in [4.69, 9.17) is 23.2 Å². The number of halogens is 2. The highest BCUT2D eigenvalue weighted by molar-refractivity contribution is 6.32. The highest BCUT2D eigenvalue weighted by Crippen LogP contribution is 2.48. The Morgan fingerprint density at radius 1 is 1.05 bits per heavy atom. The first-order valence-corrected chi connectivity index (χ1v) is 10.0. The maximum Gasteiger partial charge on any atom is 0.112 e. The van der Waals surface area contributed by atoms with Crippen LogP contribution in [0.15, 0.2) is 0 Å². The molecule has 0 amide bonds. The van der Waals surface area contributed by atoms with Gasteiger partial charge in [-0.25, -0.2) is 0 Å². The first-order valence-electron chi connectivity index (χ1n) is 9.22. The molecule has 0 bridgehead atoms. The number of alkyl halides is 2. The summed E-state index contributed by atoms with van der Waals surface area (Å²) in [7, 11) is 0. The van der Waals surface area contributed by atoms with Crippen molar-refractivity contribution in [1.29, 1.82) is 0 Å². The van der Waals surface area contributed by atoms with Gasteiger partial charge < -0.3 is 5.32 Å². The molecule has 0 aromatic rings. The van der Waals surface area contributed by atoms with Gasteiger partial charge in [-0.1, -0.05) is 47.0 Å². The van der Waals surface area contributed by atoms with Gasteiger partial charge in [0.05, 0.1) is 5.38 Å². The lowest BCUT2D eigenvalue weighted by molar-refractivity contribution is 0.115. The summed E-state index contributed by atoms with van der Waals surface area (Å²) in [4.78, 5) is -0.483. The number of rotatable bonds is 10. The second-order valence-electron chi connectivity index (χ2n) is 7.40. The second kappa shape index (κ2) is 9.71. The summed E-state index contributed by atoms with van der Waals surface area (Å²) in [5.41, 5.74) is 0.269. The molecular weight excluding hydrogens is 315 g/mol. The number of hydrogen-bond donors (Lipinski definition) is 2. The van der Waals surface area contributed by atoms with Crippen molar-refractivity contribution in [2.45, 2.75) is 95.5 Å². The topological polar surface area (TPSA) is 24.1 Å². The fraction of sp³-hybridized carbons (Fsp3) is 1.00. The highest BCUT2D eigenvalue weighted by atomic mass is 35.5. The van der Waals surface area contributed by atoms with Crippen LogP contribution in [0.3, 0.4) is 0 Å². The van der Waals surface area contributed by atoms with Crippen molar-refractivity contribution in [2.75, 3.05) is 13.1 Å². The van der Waals surface area contributed by atoms with Gasteiger partial charge in [0, 0.05) is 6.04 Å². The van der Waals surface area contributed by atoms with Gasteiger partial charge >= 0.3 is 0 Å². The van der Waals surface area contributed by atoms with Crippen LogP contribution >= 0.6 is 23.2 Å². The van der Waals surface area contributed by atoms with Gasteiger partial charge in [-0.3, -0.25) is 5.32 Å². The number of hydrogen-bond acceptors (Lipinski definition) is 2. The van der Waals surface area contributed by atoms with Crippen LogP contribution in [-0.2, 0) is 0 Å². The van der Waals surface area contributed by atoms with E-state index < -0.39 is 5.00 Å². The zero-order valence-corrected chi connectivity index (χ0v) is 16.5. The molecule has 0 aromatic carbocycles. The minimum Gasteiger partial charge on any atom is -0.312 e. The molecule has 0 saturated heterocycles. The smallest absolute Gasteiger partial charge is 0.112 e. The Morgan fingerprint density at radius 3 is 2.27 bits per heavy atom. The quantitative estimate of drug-likeness (QED) is 0.318. The number of unbranched alkanes of at least 4 members (excludes halogenated alkanes) is 2. The van der Waals surface area contributed by atoms with Crippen LogP contribution < -0.4 is 10.6 Å². The third kappa shape index (κ3) is 5.85. The Kier molecular flexibility index (Phi) is 9.07. The van der Waals surface area contributed by atoms with E-state index in [0.717, 1.165) is 32.4 Å². The SMILES string of the molecule is CCCCNC1CC(C)(CCC)CC(Cl)(NCCCC)C1Cl. The maximum absolute atomic E-state index is 7.01. The van der Waals surface area contributed by atoms with Crippen molar-refractivity contribution in [1.82, 2.24) is 10.6 Å². The molecule has 1 aliphatic rings. The van der Waals surface area contributed by atoms with Gasteiger partial charge in [0.25, 0.3) is 0 Å². The second-order valence-corrected chi connectivity index (χ2v) is 8.54. The Balaban J connectivity index is 2.79. The molecule has 0 radical (unpaired) electrons. The van der Waals surface area contributed by atoms with E-state index in [2.05, 4.69) is 38.3 Å². The molecule has 0 aliphatic heterocycles. The largest absolute Gasteiger partial charge is 0.312 e. The molecular formula is C18H36Cl2N2. The third-order valence-corrected chi connectivity index (χ3v) is 6.22. The molecule has 0 spiro atoms. The van der Waals surface area contributed by atoms with Crippen LogP contribution in [0.25, 0.3) is 0 Å². The first kappa shape index (κ1) is 20.5. The van der Waals surface area contributed by atoms with Crippen molar-refractivity contribution < 1.29 is 0 Å². The summed E-state index contributed by atoms with van der Waals surface area (Å²) in [5, 5.41) is 7.19. The van der Waals surface area contributed by atoms with E-state index in [1.54, 1.807) is 0 Å². The van der Waals surface area contributed by atoms with Gasteiger partial charge in [0.1, 0.15) is 5.00 Å². The predicted molar refractivity (Wildman–Crippen MR) is 100 cm³/mol. The molecule has 22 heavy (non-hydrogen) atoms. The summed E-state index contributed by atoms with van der Waals surface area (Å²) in [6.45, 7) is 11.1. The first-order chi connectivity index (χ1) is 10.4. The van der Waals surface area contributed by atoms with Crippen LogP contribution in [0.1, 0.15) is 79.1 Å². The Morgan fingerprint density at radius 2 is 1.68 bits per heavy atom. The van der Waals surface area contributed by atoms with Crippen molar-refractivity contribution >= 4 is 23.2 Å². The molecule has 1 rings (SSSR count). The van der Waals surface area contributed by atoms with Crippen molar-refractivity contribution in [2.24, 2.45) is 5.41 Å². The zero-order valence-electron chi connectivity index (χ0n) is 15.0. The van der Waals surface area contributed by atoms with Crippen molar-refractivity contribution in [3.63, 3.8) is 0 Å². The van der Waals surface area contributed by atoms with E-state index in [9.17, 15) is 0 Å². The summed E-state index contributed by atoms with van der Waals surface area (Å²) in [6.07, 6.45) is 9.23. The van der Waals surface area contributed by atoms with Gasteiger partial charge in [-0.05, 0) is 50.6 Å². The van der Waals surface area contributed by atoms with Gasteiger partial charge in [-0.2, -0.15) is 0 Å². The lowest BCUT2D eigenvalue weighted by atomic mass is 9.68. The van der Waals surface area contributed by atoms with Crippen LogP contribution in [-0.4, -0.2) is 29.5 Å². The van der Waals surface area contributed by atoms with Gasteiger partial charge in [0.2, 0.25) is 0 Å². The van der Waals surface area contributed by atoms with Crippen LogP contribution in [0.5, 0.6) is 0 Å². The fourth-order valence-electron chi connectivity index (χ4n) is 3.81. The summed E-state index contributed by atoms with van der Waals surface area (Å²) in [6, 6.07) is 0.296. The molecule has 2 nitrogen and oxygen atoms in total. The molecule has 132 valence electrons. The van der Waals surface area contributed by atoms with Crippen molar-refractivity contribution in [3.8, 4) is 0 Å². The van der Waals surface area contributed by atoms with E-state index >= 15 is 0 Å². The van der Waals surface area contributed by atoms with Crippen LogP contribution in [0.4, 0.5) is 0 Å². The van der Waals surface area contributed by atoms with E-state index in [1.165, 1.54) is 32.1 Å². The van der Waals surface area contributed by atoms with E-state index in [-0.39, 0.29) is 10.8 Å². The van der Waals surface area contributed by atoms with E-state index in [1.807, 2.05) is 0 Å². The Labute approximate surface area is 148 Å². The maximum atomic E-state index is 7.01. The third-order valence-electron chi connectivity index (χ3n) is 4.93. The average Bonchev–Trinajstić information content (AvgIpc) is 2.45. The monoisotopic (exact) mass is 350 g/mol. The number of nitrogens with one attached hydrogen (secondary N) is 2. The predicted octanol–water partition coefficient (Wildman–Crippen LogP) is 5.28.